The minimum absolute atomic E-state index is 0.178. The van der Waals surface area contributed by atoms with Crippen LogP contribution >= 0.6 is 0 Å². The molecule has 2 rings (SSSR count). The molecular weight excluding hydrogens is 202 g/mol. The van der Waals surface area contributed by atoms with Gasteiger partial charge in [-0.05, 0) is 31.7 Å². The summed E-state index contributed by atoms with van der Waals surface area (Å²) in [5.74, 6) is 0. The summed E-state index contributed by atoms with van der Waals surface area (Å²) in [5, 5.41) is 13.4. The molecule has 1 fully saturated rings. The van der Waals surface area contributed by atoms with Gasteiger partial charge in [-0.25, -0.2) is 0 Å². The number of aromatic nitrogens is 2. The van der Waals surface area contributed by atoms with E-state index in [0.29, 0.717) is 0 Å². The summed E-state index contributed by atoms with van der Waals surface area (Å²) in [6, 6.07) is 4.51. The number of hydrogen-bond acceptors (Lipinski definition) is 3. The second kappa shape index (κ2) is 4.67. The van der Waals surface area contributed by atoms with Crippen LogP contribution in [-0.4, -0.2) is 23.0 Å². The van der Waals surface area contributed by atoms with Crippen LogP contribution in [0.2, 0.25) is 0 Å². The highest BCUT2D eigenvalue weighted by Crippen LogP contribution is 2.34. The second-order valence-electron chi connectivity index (χ2n) is 4.45. The number of rotatable bonds is 3. The molecular formula is C12H17N3O. The van der Waals surface area contributed by atoms with Crippen molar-refractivity contribution in [3.8, 4) is 6.07 Å². The second-order valence-corrected chi connectivity index (χ2v) is 4.45. The standard InChI is InChI=1S/C12H17N3O/c1-15-11(3-7-14-15)2-4-12(10-13)5-8-16-9-6-12/h3,7H,2,4-6,8-9H2,1H3. The van der Waals surface area contributed by atoms with Crippen LogP contribution in [0, 0.1) is 16.7 Å². The molecule has 0 radical (unpaired) electrons. The van der Waals surface area contributed by atoms with Crippen LogP contribution in [0.4, 0.5) is 0 Å². The van der Waals surface area contributed by atoms with Crippen molar-refractivity contribution in [1.82, 2.24) is 9.78 Å². The fourth-order valence-electron chi connectivity index (χ4n) is 2.19. The SMILES string of the molecule is Cn1nccc1CCC1(C#N)CCOCC1. The average Bonchev–Trinajstić information content (AvgIpc) is 2.74. The van der Waals surface area contributed by atoms with Crippen LogP contribution in [-0.2, 0) is 18.2 Å². The summed E-state index contributed by atoms with van der Waals surface area (Å²) in [6.07, 6.45) is 5.36. The third kappa shape index (κ3) is 2.25. The molecule has 0 aliphatic carbocycles. The Hall–Kier alpha value is -1.34. The Morgan fingerprint density at radius 1 is 1.56 bits per heavy atom. The molecule has 0 spiro atoms. The monoisotopic (exact) mass is 219 g/mol. The summed E-state index contributed by atoms with van der Waals surface area (Å²) in [7, 11) is 1.94. The highest BCUT2D eigenvalue weighted by molar-refractivity contribution is 5.06. The summed E-state index contributed by atoms with van der Waals surface area (Å²) in [5.41, 5.74) is 1.02. The van der Waals surface area contributed by atoms with Gasteiger partial charge in [0.25, 0.3) is 0 Å². The van der Waals surface area contributed by atoms with Crippen molar-refractivity contribution in [1.29, 1.82) is 5.26 Å². The molecule has 1 aliphatic rings. The van der Waals surface area contributed by atoms with Crippen LogP contribution < -0.4 is 0 Å². The zero-order valence-corrected chi connectivity index (χ0v) is 9.65. The van der Waals surface area contributed by atoms with E-state index in [2.05, 4.69) is 11.2 Å². The van der Waals surface area contributed by atoms with Gasteiger partial charge < -0.3 is 4.74 Å². The van der Waals surface area contributed by atoms with Crippen molar-refractivity contribution >= 4 is 0 Å². The van der Waals surface area contributed by atoms with Gasteiger partial charge in [0.2, 0.25) is 0 Å². The number of hydrogen-bond donors (Lipinski definition) is 0. The van der Waals surface area contributed by atoms with E-state index in [1.165, 1.54) is 5.69 Å². The van der Waals surface area contributed by atoms with Gasteiger partial charge in [0.1, 0.15) is 0 Å². The molecule has 2 heterocycles. The minimum Gasteiger partial charge on any atom is -0.381 e. The molecule has 4 nitrogen and oxygen atoms in total. The Morgan fingerprint density at radius 2 is 2.31 bits per heavy atom. The molecule has 1 saturated heterocycles. The lowest BCUT2D eigenvalue weighted by Crippen LogP contribution is -2.28. The van der Waals surface area contributed by atoms with Gasteiger partial charge in [-0.15, -0.1) is 0 Å². The lowest BCUT2D eigenvalue weighted by Gasteiger charge is -2.30. The summed E-state index contributed by atoms with van der Waals surface area (Å²) in [4.78, 5) is 0. The molecule has 0 unspecified atom stereocenters. The van der Waals surface area contributed by atoms with Gasteiger partial charge in [-0.2, -0.15) is 10.4 Å². The maximum Gasteiger partial charge on any atom is 0.0691 e. The summed E-state index contributed by atoms with van der Waals surface area (Å²) in [6.45, 7) is 1.44. The molecule has 0 bridgehead atoms. The topological polar surface area (TPSA) is 50.8 Å². The maximum absolute atomic E-state index is 9.31. The number of ether oxygens (including phenoxy) is 1. The first-order valence-corrected chi connectivity index (χ1v) is 5.72. The molecule has 16 heavy (non-hydrogen) atoms. The molecule has 0 atom stereocenters. The Bertz CT molecular complexity index is 385. The van der Waals surface area contributed by atoms with Crippen molar-refractivity contribution in [3.63, 3.8) is 0 Å². The quantitative estimate of drug-likeness (QED) is 0.777. The van der Waals surface area contributed by atoms with Crippen molar-refractivity contribution in [2.45, 2.75) is 25.7 Å². The Morgan fingerprint density at radius 3 is 2.88 bits per heavy atom. The van der Waals surface area contributed by atoms with Crippen molar-refractivity contribution in [2.24, 2.45) is 12.5 Å². The number of nitrogens with zero attached hydrogens (tertiary/aromatic N) is 3. The van der Waals surface area contributed by atoms with Crippen LogP contribution in [0.15, 0.2) is 12.3 Å². The highest BCUT2D eigenvalue weighted by atomic mass is 16.5. The van der Waals surface area contributed by atoms with Gasteiger partial charge in [-0.1, -0.05) is 0 Å². The van der Waals surface area contributed by atoms with Crippen LogP contribution in [0.25, 0.3) is 0 Å². The van der Waals surface area contributed by atoms with Gasteiger partial charge in [0.05, 0.1) is 11.5 Å². The van der Waals surface area contributed by atoms with E-state index in [1.807, 2.05) is 17.8 Å². The van der Waals surface area contributed by atoms with E-state index >= 15 is 0 Å². The zero-order chi connectivity index (χ0) is 11.4. The first kappa shape index (κ1) is 11.2. The Labute approximate surface area is 95.8 Å². The first-order valence-electron chi connectivity index (χ1n) is 5.72. The van der Waals surface area contributed by atoms with E-state index in [1.54, 1.807) is 6.20 Å². The average molecular weight is 219 g/mol. The van der Waals surface area contributed by atoms with Gasteiger partial charge in [0.15, 0.2) is 0 Å². The molecule has 0 amide bonds. The lowest BCUT2D eigenvalue weighted by atomic mass is 9.77. The Kier molecular flexibility index (Phi) is 3.25. The number of nitriles is 1. The van der Waals surface area contributed by atoms with Gasteiger partial charge >= 0.3 is 0 Å². The molecule has 4 heteroatoms. The zero-order valence-electron chi connectivity index (χ0n) is 9.65. The van der Waals surface area contributed by atoms with Gasteiger partial charge in [-0.3, -0.25) is 4.68 Å². The van der Waals surface area contributed by atoms with E-state index in [0.717, 1.165) is 38.9 Å². The van der Waals surface area contributed by atoms with E-state index < -0.39 is 0 Å². The van der Waals surface area contributed by atoms with Crippen LogP contribution in [0.5, 0.6) is 0 Å². The predicted octanol–water partition coefficient (Wildman–Crippen LogP) is 1.67. The fraction of sp³-hybridized carbons (Fsp3) is 0.667. The third-order valence-corrected chi connectivity index (χ3v) is 3.47. The highest BCUT2D eigenvalue weighted by Gasteiger charge is 2.32. The first-order chi connectivity index (χ1) is 7.76. The number of aryl methyl sites for hydroxylation is 2. The lowest BCUT2D eigenvalue weighted by molar-refractivity contribution is 0.0369. The van der Waals surface area contributed by atoms with Gasteiger partial charge in [0, 0.05) is 32.2 Å². The van der Waals surface area contributed by atoms with Crippen molar-refractivity contribution < 1.29 is 4.74 Å². The van der Waals surface area contributed by atoms with E-state index in [9.17, 15) is 5.26 Å². The van der Waals surface area contributed by atoms with E-state index in [-0.39, 0.29) is 5.41 Å². The molecule has 0 aromatic carbocycles. The molecule has 86 valence electrons. The molecule has 1 aromatic heterocycles. The van der Waals surface area contributed by atoms with Crippen LogP contribution in [0.3, 0.4) is 0 Å². The summed E-state index contributed by atoms with van der Waals surface area (Å²) >= 11 is 0. The van der Waals surface area contributed by atoms with Crippen molar-refractivity contribution in [3.05, 3.63) is 18.0 Å². The smallest absolute Gasteiger partial charge is 0.0691 e. The van der Waals surface area contributed by atoms with Crippen molar-refractivity contribution in [2.75, 3.05) is 13.2 Å². The largest absolute Gasteiger partial charge is 0.381 e. The fourth-order valence-corrected chi connectivity index (χ4v) is 2.19. The Balaban J connectivity index is 1.98. The molecule has 0 saturated carbocycles. The minimum atomic E-state index is -0.178. The normalized spacial score (nSPS) is 19.2. The van der Waals surface area contributed by atoms with Crippen LogP contribution in [0.1, 0.15) is 25.0 Å². The molecule has 1 aliphatic heterocycles. The maximum atomic E-state index is 9.31. The third-order valence-electron chi connectivity index (χ3n) is 3.47. The molecule has 1 aromatic rings. The molecule has 0 N–H and O–H groups in total. The van der Waals surface area contributed by atoms with E-state index in [4.69, 9.17) is 4.74 Å². The summed E-state index contributed by atoms with van der Waals surface area (Å²) < 4.78 is 7.20. The predicted molar refractivity (Wildman–Crippen MR) is 59.6 cm³/mol.